The van der Waals surface area contributed by atoms with Crippen LogP contribution in [-0.2, 0) is 11.3 Å². The van der Waals surface area contributed by atoms with Crippen molar-refractivity contribution in [3.63, 3.8) is 0 Å². The average Bonchev–Trinajstić information content (AvgIpc) is 2.52. The van der Waals surface area contributed by atoms with Crippen LogP contribution in [0.4, 0.5) is 4.39 Å². The number of alkyl halides is 1. The Morgan fingerprint density at radius 2 is 2.00 bits per heavy atom. The first-order valence-corrected chi connectivity index (χ1v) is 7.43. The Kier molecular flexibility index (Phi) is 5.63. The lowest BCUT2D eigenvalue weighted by atomic mass is 10.2. The predicted octanol–water partition coefficient (Wildman–Crippen LogP) is 4.47. The number of ether oxygens (including phenoxy) is 1. The van der Waals surface area contributed by atoms with Gasteiger partial charge in [0.15, 0.2) is 0 Å². The Balaban J connectivity index is 2.20. The fourth-order valence-corrected chi connectivity index (χ4v) is 2.22. The van der Waals surface area contributed by atoms with Crippen molar-refractivity contribution in [2.75, 3.05) is 12.9 Å². The van der Waals surface area contributed by atoms with E-state index in [1.54, 1.807) is 13.1 Å². The SMILES string of the molecule is CN(Cc1ccccc1Oc1ccc(F)c(Cl)c1)C(=O)CCl. The lowest BCUT2D eigenvalue weighted by molar-refractivity contribution is -0.127. The Labute approximate surface area is 138 Å². The van der Waals surface area contributed by atoms with Crippen LogP contribution in [0, 0.1) is 5.82 Å². The standard InChI is InChI=1S/C16H14Cl2FNO2/c1-20(16(21)9-17)10-11-4-2-3-5-15(11)22-12-6-7-14(19)13(18)8-12/h2-8H,9-10H2,1H3. The van der Waals surface area contributed by atoms with E-state index in [1.807, 2.05) is 18.2 Å². The minimum atomic E-state index is -0.505. The summed E-state index contributed by atoms with van der Waals surface area (Å²) in [6, 6.07) is 11.4. The fourth-order valence-electron chi connectivity index (χ4n) is 1.85. The van der Waals surface area contributed by atoms with Gasteiger partial charge in [0.05, 0.1) is 5.02 Å². The Morgan fingerprint density at radius 1 is 1.27 bits per heavy atom. The van der Waals surface area contributed by atoms with Crippen LogP contribution in [0.25, 0.3) is 0 Å². The summed E-state index contributed by atoms with van der Waals surface area (Å²) in [5.41, 5.74) is 0.809. The van der Waals surface area contributed by atoms with Crippen molar-refractivity contribution in [1.29, 1.82) is 0 Å². The van der Waals surface area contributed by atoms with Crippen LogP contribution >= 0.6 is 23.2 Å². The molecule has 3 nitrogen and oxygen atoms in total. The molecule has 0 aliphatic heterocycles. The van der Waals surface area contributed by atoms with Crippen LogP contribution in [0.15, 0.2) is 42.5 Å². The van der Waals surface area contributed by atoms with Crippen LogP contribution in [0.1, 0.15) is 5.56 Å². The van der Waals surface area contributed by atoms with E-state index in [2.05, 4.69) is 0 Å². The number of carbonyl (C=O) groups excluding carboxylic acids is 1. The summed E-state index contributed by atoms with van der Waals surface area (Å²) in [6.07, 6.45) is 0. The van der Waals surface area contributed by atoms with Crippen molar-refractivity contribution in [3.05, 3.63) is 58.9 Å². The molecule has 116 valence electrons. The Morgan fingerprint density at radius 3 is 2.68 bits per heavy atom. The van der Waals surface area contributed by atoms with Crippen LogP contribution in [0.5, 0.6) is 11.5 Å². The summed E-state index contributed by atoms with van der Waals surface area (Å²) in [5.74, 6) is 0.230. The van der Waals surface area contributed by atoms with E-state index < -0.39 is 5.82 Å². The summed E-state index contributed by atoms with van der Waals surface area (Å²) in [7, 11) is 1.66. The largest absolute Gasteiger partial charge is 0.457 e. The summed E-state index contributed by atoms with van der Waals surface area (Å²) >= 11 is 11.3. The number of hydrogen-bond acceptors (Lipinski definition) is 2. The molecular formula is C16H14Cl2FNO2. The van der Waals surface area contributed by atoms with Gasteiger partial charge in [-0.3, -0.25) is 4.79 Å². The molecule has 0 aliphatic rings. The van der Waals surface area contributed by atoms with Gasteiger partial charge in [-0.1, -0.05) is 29.8 Å². The molecule has 0 unspecified atom stereocenters. The number of para-hydroxylation sites is 1. The van der Waals surface area contributed by atoms with E-state index in [9.17, 15) is 9.18 Å². The second-order valence-corrected chi connectivity index (χ2v) is 5.34. The quantitative estimate of drug-likeness (QED) is 0.751. The van der Waals surface area contributed by atoms with Crippen molar-refractivity contribution in [2.45, 2.75) is 6.54 Å². The smallest absolute Gasteiger partial charge is 0.237 e. The first-order valence-electron chi connectivity index (χ1n) is 6.52. The van der Waals surface area contributed by atoms with Crippen molar-refractivity contribution in [1.82, 2.24) is 4.90 Å². The number of halogens is 3. The number of nitrogens with zero attached hydrogens (tertiary/aromatic N) is 1. The molecule has 0 N–H and O–H groups in total. The van der Waals surface area contributed by atoms with E-state index in [-0.39, 0.29) is 16.8 Å². The molecular weight excluding hydrogens is 328 g/mol. The highest BCUT2D eigenvalue weighted by atomic mass is 35.5. The molecule has 6 heteroatoms. The van der Waals surface area contributed by atoms with Gasteiger partial charge in [-0.25, -0.2) is 4.39 Å². The van der Waals surface area contributed by atoms with Gasteiger partial charge >= 0.3 is 0 Å². The van der Waals surface area contributed by atoms with Gasteiger partial charge in [0, 0.05) is 25.2 Å². The van der Waals surface area contributed by atoms with E-state index in [0.717, 1.165) is 5.56 Å². The molecule has 0 saturated carbocycles. The zero-order valence-corrected chi connectivity index (χ0v) is 13.4. The molecule has 0 saturated heterocycles. The van der Waals surface area contributed by atoms with Gasteiger partial charge in [0.2, 0.25) is 5.91 Å². The van der Waals surface area contributed by atoms with Gasteiger partial charge < -0.3 is 9.64 Å². The summed E-state index contributed by atoms with van der Waals surface area (Å²) in [6.45, 7) is 0.358. The third kappa shape index (κ3) is 4.12. The summed E-state index contributed by atoms with van der Waals surface area (Å²) in [5, 5.41) is -0.00980. The Bertz CT molecular complexity index is 679. The lowest BCUT2D eigenvalue weighted by Crippen LogP contribution is -2.27. The van der Waals surface area contributed by atoms with Crippen molar-refractivity contribution in [2.24, 2.45) is 0 Å². The molecule has 0 spiro atoms. The Hall–Kier alpha value is -1.78. The maximum Gasteiger partial charge on any atom is 0.237 e. The summed E-state index contributed by atoms with van der Waals surface area (Å²) in [4.78, 5) is 13.1. The van der Waals surface area contributed by atoms with Crippen LogP contribution in [0.2, 0.25) is 5.02 Å². The van der Waals surface area contributed by atoms with Crippen molar-refractivity contribution in [3.8, 4) is 11.5 Å². The van der Waals surface area contributed by atoms with Crippen LogP contribution < -0.4 is 4.74 Å². The minimum Gasteiger partial charge on any atom is -0.457 e. The maximum atomic E-state index is 13.2. The highest BCUT2D eigenvalue weighted by Gasteiger charge is 2.12. The average molecular weight is 342 g/mol. The molecule has 0 fully saturated rings. The van der Waals surface area contributed by atoms with E-state index >= 15 is 0 Å². The van der Waals surface area contributed by atoms with E-state index in [1.165, 1.54) is 23.1 Å². The van der Waals surface area contributed by atoms with Gasteiger partial charge in [-0.2, -0.15) is 0 Å². The monoisotopic (exact) mass is 341 g/mol. The van der Waals surface area contributed by atoms with Gasteiger partial charge in [-0.05, 0) is 18.2 Å². The fraction of sp³-hybridized carbons (Fsp3) is 0.188. The second-order valence-electron chi connectivity index (χ2n) is 4.67. The number of hydrogen-bond donors (Lipinski definition) is 0. The number of amides is 1. The van der Waals surface area contributed by atoms with Gasteiger partial charge in [0.25, 0.3) is 0 Å². The maximum absolute atomic E-state index is 13.2. The van der Waals surface area contributed by atoms with E-state index in [0.29, 0.717) is 18.0 Å². The lowest BCUT2D eigenvalue weighted by Gasteiger charge is -2.18. The third-order valence-electron chi connectivity index (χ3n) is 3.04. The molecule has 0 aromatic heterocycles. The molecule has 2 rings (SSSR count). The zero-order valence-electron chi connectivity index (χ0n) is 11.9. The number of rotatable bonds is 5. The second kappa shape index (κ2) is 7.47. The van der Waals surface area contributed by atoms with Gasteiger partial charge in [-0.15, -0.1) is 11.6 Å². The minimum absolute atomic E-state index is 0.00980. The van der Waals surface area contributed by atoms with Gasteiger partial charge in [0.1, 0.15) is 23.2 Å². The molecule has 0 atom stereocenters. The molecule has 0 aliphatic carbocycles. The van der Waals surface area contributed by atoms with Crippen LogP contribution in [0.3, 0.4) is 0 Å². The molecule has 2 aromatic carbocycles. The third-order valence-corrected chi connectivity index (χ3v) is 3.56. The molecule has 0 radical (unpaired) electrons. The zero-order chi connectivity index (χ0) is 16.1. The molecule has 1 amide bonds. The number of benzene rings is 2. The normalized spacial score (nSPS) is 10.4. The molecule has 22 heavy (non-hydrogen) atoms. The first-order chi connectivity index (χ1) is 10.5. The topological polar surface area (TPSA) is 29.5 Å². The highest BCUT2D eigenvalue weighted by molar-refractivity contribution is 6.30. The van der Waals surface area contributed by atoms with Crippen molar-refractivity contribution < 1.29 is 13.9 Å². The first kappa shape index (κ1) is 16.6. The predicted molar refractivity (Wildman–Crippen MR) is 85.1 cm³/mol. The highest BCUT2D eigenvalue weighted by Crippen LogP contribution is 2.29. The molecule has 0 heterocycles. The van der Waals surface area contributed by atoms with E-state index in [4.69, 9.17) is 27.9 Å². The number of carbonyl (C=O) groups is 1. The molecule has 0 bridgehead atoms. The van der Waals surface area contributed by atoms with Crippen LogP contribution in [-0.4, -0.2) is 23.7 Å². The summed E-state index contributed by atoms with van der Waals surface area (Å²) < 4.78 is 18.9. The molecule has 2 aromatic rings. The van der Waals surface area contributed by atoms with Crippen molar-refractivity contribution >= 4 is 29.1 Å².